The molecule has 0 aromatic heterocycles. The lowest BCUT2D eigenvalue weighted by Crippen LogP contribution is -2.35. The van der Waals surface area contributed by atoms with E-state index in [4.69, 9.17) is 4.74 Å². The molecule has 5 nitrogen and oxygen atoms in total. The number of amides is 2. The molecule has 1 atom stereocenters. The first-order valence-electron chi connectivity index (χ1n) is 7.82. The summed E-state index contributed by atoms with van der Waals surface area (Å²) < 4.78 is 4.99. The maximum atomic E-state index is 12.1. The highest BCUT2D eigenvalue weighted by atomic mass is 16.5. The van der Waals surface area contributed by atoms with Gasteiger partial charge in [-0.1, -0.05) is 30.3 Å². The van der Waals surface area contributed by atoms with Crippen molar-refractivity contribution in [3.05, 3.63) is 65.7 Å². The first-order valence-corrected chi connectivity index (χ1v) is 7.82. The van der Waals surface area contributed by atoms with Crippen molar-refractivity contribution in [3.8, 4) is 0 Å². The number of hydrogen-bond acceptors (Lipinski definition) is 3. The minimum atomic E-state index is -0.165. The van der Waals surface area contributed by atoms with Crippen LogP contribution in [0.25, 0.3) is 0 Å². The van der Waals surface area contributed by atoms with Gasteiger partial charge in [-0.25, -0.2) is 0 Å². The molecule has 0 aliphatic rings. The second-order valence-electron chi connectivity index (χ2n) is 5.62. The molecule has 0 aliphatic heterocycles. The summed E-state index contributed by atoms with van der Waals surface area (Å²) in [7, 11) is 1.59. The molecule has 0 spiro atoms. The molecule has 0 heterocycles. The SMILES string of the molecule is COCC(C)NC(=O)c1ccc(NC(=O)Cc2ccccc2)cc1. The lowest BCUT2D eigenvalue weighted by molar-refractivity contribution is -0.115. The molecule has 0 aliphatic carbocycles. The Morgan fingerprint density at radius 1 is 1.04 bits per heavy atom. The van der Waals surface area contributed by atoms with E-state index in [1.165, 1.54) is 0 Å². The van der Waals surface area contributed by atoms with Crippen LogP contribution in [-0.2, 0) is 16.0 Å². The van der Waals surface area contributed by atoms with Gasteiger partial charge in [-0.15, -0.1) is 0 Å². The van der Waals surface area contributed by atoms with Gasteiger partial charge >= 0.3 is 0 Å². The summed E-state index contributed by atoms with van der Waals surface area (Å²) in [5, 5.41) is 5.67. The van der Waals surface area contributed by atoms with Crippen LogP contribution in [-0.4, -0.2) is 31.6 Å². The van der Waals surface area contributed by atoms with E-state index in [0.29, 0.717) is 24.3 Å². The maximum absolute atomic E-state index is 12.1. The molecule has 0 saturated carbocycles. The highest BCUT2D eigenvalue weighted by Crippen LogP contribution is 2.11. The smallest absolute Gasteiger partial charge is 0.251 e. The van der Waals surface area contributed by atoms with Crippen LogP contribution in [0.15, 0.2) is 54.6 Å². The number of methoxy groups -OCH3 is 1. The third-order valence-corrected chi connectivity index (χ3v) is 3.43. The number of nitrogens with one attached hydrogen (secondary N) is 2. The Labute approximate surface area is 142 Å². The Morgan fingerprint density at radius 2 is 1.71 bits per heavy atom. The van der Waals surface area contributed by atoms with E-state index < -0.39 is 0 Å². The van der Waals surface area contributed by atoms with Gasteiger partial charge in [0.25, 0.3) is 5.91 Å². The highest BCUT2D eigenvalue weighted by molar-refractivity contribution is 5.96. The Hall–Kier alpha value is -2.66. The molecule has 2 aromatic rings. The second kappa shape index (κ2) is 8.84. The van der Waals surface area contributed by atoms with E-state index in [0.717, 1.165) is 5.56 Å². The van der Waals surface area contributed by atoms with Crippen LogP contribution in [0.2, 0.25) is 0 Å². The van der Waals surface area contributed by atoms with Crippen molar-refractivity contribution >= 4 is 17.5 Å². The summed E-state index contributed by atoms with van der Waals surface area (Å²) in [6.07, 6.45) is 0.317. The number of rotatable bonds is 7. The van der Waals surface area contributed by atoms with Crippen LogP contribution in [0, 0.1) is 0 Å². The van der Waals surface area contributed by atoms with Crippen LogP contribution in [0.4, 0.5) is 5.69 Å². The van der Waals surface area contributed by atoms with Crippen LogP contribution in [0.1, 0.15) is 22.8 Å². The third kappa shape index (κ3) is 5.52. The molecule has 2 amide bonds. The molecule has 1 unspecified atom stereocenters. The quantitative estimate of drug-likeness (QED) is 0.822. The Bertz CT molecular complexity index is 669. The van der Waals surface area contributed by atoms with Crippen LogP contribution >= 0.6 is 0 Å². The first kappa shape index (κ1) is 17.7. The lowest BCUT2D eigenvalue weighted by atomic mass is 10.1. The van der Waals surface area contributed by atoms with Crippen molar-refractivity contribution in [2.45, 2.75) is 19.4 Å². The van der Waals surface area contributed by atoms with Crippen molar-refractivity contribution in [2.75, 3.05) is 19.0 Å². The summed E-state index contributed by atoms with van der Waals surface area (Å²) in [5.41, 5.74) is 2.16. The van der Waals surface area contributed by atoms with Crippen molar-refractivity contribution in [1.82, 2.24) is 5.32 Å². The summed E-state index contributed by atoms with van der Waals surface area (Å²) in [6.45, 7) is 2.33. The Kier molecular flexibility index (Phi) is 6.51. The zero-order chi connectivity index (χ0) is 17.4. The number of ether oxygens (including phenoxy) is 1. The molecule has 0 bridgehead atoms. The van der Waals surface area contributed by atoms with Gasteiger partial charge in [0, 0.05) is 24.4 Å². The van der Waals surface area contributed by atoms with E-state index >= 15 is 0 Å². The predicted molar refractivity (Wildman–Crippen MR) is 94.0 cm³/mol. The predicted octanol–water partition coefficient (Wildman–Crippen LogP) is 2.63. The van der Waals surface area contributed by atoms with Crippen molar-refractivity contribution in [2.24, 2.45) is 0 Å². The Balaban J connectivity index is 1.89. The van der Waals surface area contributed by atoms with E-state index in [-0.39, 0.29) is 17.9 Å². The average Bonchev–Trinajstić information content (AvgIpc) is 2.56. The standard InChI is InChI=1S/C19H22N2O3/c1-14(13-24-2)20-19(23)16-8-10-17(11-9-16)21-18(22)12-15-6-4-3-5-7-15/h3-11,14H,12-13H2,1-2H3,(H,20,23)(H,21,22). The molecule has 0 radical (unpaired) electrons. The minimum absolute atomic E-state index is 0.0623. The van der Waals surface area contributed by atoms with Gasteiger partial charge in [-0.2, -0.15) is 0 Å². The number of anilines is 1. The van der Waals surface area contributed by atoms with Crippen molar-refractivity contribution in [1.29, 1.82) is 0 Å². The van der Waals surface area contributed by atoms with E-state index in [1.807, 2.05) is 37.3 Å². The summed E-state index contributed by atoms with van der Waals surface area (Å²) in [6, 6.07) is 16.3. The van der Waals surface area contributed by atoms with Gasteiger partial charge in [-0.05, 0) is 36.8 Å². The number of carbonyl (C=O) groups is 2. The molecule has 2 N–H and O–H groups in total. The number of benzene rings is 2. The summed E-state index contributed by atoms with van der Waals surface area (Å²) in [5.74, 6) is -0.256. The van der Waals surface area contributed by atoms with Crippen LogP contribution in [0.3, 0.4) is 0 Å². The lowest BCUT2D eigenvalue weighted by Gasteiger charge is -2.13. The summed E-state index contributed by atoms with van der Waals surface area (Å²) in [4.78, 5) is 24.1. The molecule has 0 fully saturated rings. The number of carbonyl (C=O) groups excluding carboxylic acids is 2. The van der Waals surface area contributed by atoms with Crippen molar-refractivity contribution < 1.29 is 14.3 Å². The van der Waals surface area contributed by atoms with Crippen molar-refractivity contribution in [3.63, 3.8) is 0 Å². The fourth-order valence-electron chi connectivity index (χ4n) is 2.29. The third-order valence-electron chi connectivity index (χ3n) is 3.43. The maximum Gasteiger partial charge on any atom is 0.251 e. The second-order valence-corrected chi connectivity index (χ2v) is 5.62. The largest absolute Gasteiger partial charge is 0.383 e. The van der Waals surface area contributed by atoms with Gasteiger partial charge in [0.2, 0.25) is 5.91 Å². The van der Waals surface area contributed by atoms with Gasteiger partial charge in [0.15, 0.2) is 0 Å². The summed E-state index contributed by atoms with van der Waals surface area (Å²) >= 11 is 0. The fourth-order valence-corrected chi connectivity index (χ4v) is 2.29. The molecule has 5 heteroatoms. The fraction of sp³-hybridized carbons (Fsp3) is 0.263. The molecule has 2 rings (SSSR count). The zero-order valence-corrected chi connectivity index (χ0v) is 13.9. The van der Waals surface area contributed by atoms with Crippen LogP contribution in [0.5, 0.6) is 0 Å². The number of hydrogen-bond donors (Lipinski definition) is 2. The Morgan fingerprint density at radius 3 is 2.33 bits per heavy atom. The first-order chi connectivity index (χ1) is 11.6. The van der Waals surface area contributed by atoms with Gasteiger partial charge in [0.05, 0.1) is 13.0 Å². The van der Waals surface area contributed by atoms with Gasteiger partial charge in [-0.3, -0.25) is 9.59 Å². The molecule has 24 heavy (non-hydrogen) atoms. The normalized spacial score (nSPS) is 11.6. The van der Waals surface area contributed by atoms with Crippen LogP contribution < -0.4 is 10.6 Å². The molecular weight excluding hydrogens is 304 g/mol. The molecule has 0 saturated heterocycles. The zero-order valence-electron chi connectivity index (χ0n) is 13.9. The average molecular weight is 326 g/mol. The van der Waals surface area contributed by atoms with Gasteiger partial charge in [0.1, 0.15) is 0 Å². The monoisotopic (exact) mass is 326 g/mol. The van der Waals surface area contributed by atoms with E-state index in [9.17, 15) is 9.59 Å². The topological polar surface area (TPSA) is 67.4 Å². The van der Waals surface area contributed by atoms with E-state index in [1.54, 1.807) is 31.4 Å². The molecule has 2 aromatic carbocycles. The minimum Gasteiger partial charge on any atom is -0.383 e. The van der Waals surface area contributed by atoms with Gasteiger partial charge < -0.3 is 15.4 Å². The molecule has 126 valence electrons. The highest BCUT2D eigenvalue weighted by Gasteiger charge is 2.10. The van der Waals surface area contributed by atoms with E-state index in [2.05, 4.69) is 10.6 Å². The molecular formula is C19H22N2O3.